The second-order valence-electron chi connectivity index (χ2n) is 7.08. The van der Waals surface area contributed by atoms with Crippen LogP contribution in [0.25, 0.3) is 0 Å². The number of halogens is 14. The Bertz CT molecular complexity index is 797. The number of allylic oxidation sites excluding steroid dienone is 2. The van der Waals surface area contributed by atoms with E-state index in [0.717, 1.165) is 27.7 Å². The SMILES string of the molecule is CCOP(=O)(OCC)O/C(CC(C)C)=C(/F)C(F)(F)C(F)(F)C(F)(F)C(F)(F)C(F)(F)C(F)(F)F. The van der Waals surface area contributed by atoms with Gasteiger partial charge in [-0.2, -0.15) is 57.1 Å². The summed E-state index contributed by atoms with van der Waals surface area (Å²) >= 11 is 0. The van der Waals surface area contributed by atoms with Crippen LogP contribution in [0.15, 0.2) is 11.6 Å². The molecule has 0 spiro atoms. The lowest BCUT2D eigenvalue weighted by molar-refractivity contribution is -0.437. The first-order chi connectivity index (χ1) is 15.3. The molecule has 0 bridgehead atoms. The van der Waals surface area contributed by atoms with Crippen molar-refractivity contribution in [1.82, 2.24) is 0 Å². The summed E-state index contributed by atoms with van der Waals surface area (Å²) in [4.78, 5) is 0. The lowest BCUT2D eigenvalue weighted by atomic mass is 9.92. The molecule has 0 aromatic rings. The summed E-state index contributed by atoms with van der Waals surface area (Å²) in [6, 6.07) is 0. The van der Waals surface area contributed by atoms with Gasteiger partial charge < -0.3 is 4.52 Å². The van der Waals surface area contributed by atoms with Crippen LogP contribution in [0.3, 0.4) is 0 Å². The summed E-state index contributed by atoms with van der Waals surface area (Å²) < 4.78 is 212. The second kappa shape index (κ2) is 10.6. The van der Waals surface area contributed by atoms with Gasteiger partial charge in [0, 0.05) is 6.42 Å². The molecule has 0 radical (unpaired) electrons. The molecule has 0 aliphatic rings. The van der Waals surface area contributed by atoms with Gasteiger partial charge in [-0.15, -0.1) is 0 Å². The first kappa shape index (κ1) is 33.7. The molecule has 0 rings (SSSR count). The van der Waals surface area contributed by atoms with E-state index in [4.69, 9.17) is 0 Å². The molecule has 0 aliphatic carbocycles. The zero-order valence-electron chi connectivity index (χ0n) is 18.1. The van der Waals surface area contributed by atoms with Crippen LogP contribution in [0.2, 0.25) is 0 Å². The summed E-state index contributed by atoms with van der Waals surface area (Å²) in [5.41, 5.74) is 0. The molecule has 0 N–H and O–H groups in total. The third-order valence-electron chi connectivity index (χ3n) is 3.84. The normalized spacial score (nSPS) is 16.0. The predicted molar refractivity (Wildman–Crippen MR) is 90.3 cm³/mol. The van der Waals surface area contributed by atoms with E-state index in [1.807, 2.05) is 0 Å². The zero-order chi connectivity index (χ0) is 28.5. The van der Waals surface area contributed by atoms with Gasteiger partial charge in [0.2, 0.25) is 5.83 Å². The first-order valence-electron chi connectivity index (χ1n) is 9.24. The molecule has 0 aromatic heterocycles. The molecular weight excluding hydrogens is 553 g/mol. The van der Waals surface area contributed by atoms with E-state index in [9.17, 15) is 66.0 Å². The van der Waals surface area contributed by atoms with Crippen molar-refractivity contribution in [2.24, 2.45) is 5.92 Å². The fraction of sp³-hybridized carbons (Fsp3) is 0.875. The molecule has 0 fully saturated rings. The van der Waals surface area contributed by atoms with E-state index in [1.54, 1.807) is 0 Å². The molecular formula is C16H19F14O4P. The molecule has 4 nitrogen and oxygen atoms in total. The number of hydrogen-bond acceptors (Lipinski definition) is 4. The smallest absolute Gasteiger partial charge is 0.406 e. The molecule has 0 aromatic carbocycles. The highest BCUT2D eigenvalue weighted by molar-refractivity contribution is 7.48. The van der Waals surface area contributed by atoms with Crippen molar-refractivity contribution in [2.45, 2.75) is 69.9 Å². The van der Waals surface area contributed by atoms with Crippen molar-refractivity contribution >= 4 is 7.82 Å². The highest BCUT2D eigenvalue weighted by Gasteiger charge is 2.91. The van der Waals surface area contributed by atoms with Crippen molar-refractivity contribution in [3.8, 4) is 0 Å². The second-order valence-corrected chi connectivity index (χ2v) is 8.67. The maximum atomic E-state index is 14.5. The Balaban J connectivity index is 6.94. The predicted octanol–water partition coefficient (Wildman–Crippen LogP) is 8.15. The number of hydrogen-bond donors (Lipinski definition) is 0. The minimum Gasteiger partial charge on any atom is -0.406 e. The quantitative estimate of drug-likeness (QED) is 0.127. The van der Waals surface area contributed by atoms with E-state index >= 15 is 0 Å². The molecule has 0 saturated carbocycles. The average molecular weight is 572 g/mol. The van der Waals surface area contributed by atoms with Gasteiger partial charge in [-0.05, 0) is 19.8 Å². The van der Waals surface area contributed by atoms with Gasteiger partial charge in [-0.3, -0.25) is 9.05 Å². The third kappa shape index (κ3) is 6.17. The molecule has 0 saturated heterocycles. The summed E-state index contributed by atoms with van der Waals surface area (Å²) in [5.74, 6) is -46.5. The van der Waals surface area contributed by atoms with Crippen LogP contribution in [-0.4, -0.2) is 49.0 Å². The monoisotopic (exact) mass is 572 g/mol. The molecule has 0 unspecified atom stereocenters. The van der Waals surface area contributed by atoms with Gasteiger partial charge in [0.25, 0.3) is 0 Å². The van der Waals surface area contributed by atoms with Gasteiger partial charge in [0.1, 0.15) is 5.76 Å². The Labute approximate surface area is 189 Å². The van der Waals surface area contributed by atoms with E-state index in [2.05, 4.69) is 13.6 Å². The minimum atomic E-state index is -8.20. The number of phosphoric ester groups is 1. The fourth-order valence-electron chi connectivity index (χ4n) is 2.16. The van der Waals surface area contributed by atoms with E-state index in [-0.39, 0.29) is 0 Å². The third-order valence-corrected chi connectivity index (χ3v) is 5.44. The van der Waals surface area contributed by atoms with E-state index < -0.39 is 80.8 Å². The molecule has 210 valence electrons. The van der Waals surface area contributed by atoms with Crippen molar-refractivity contribution in [3.05, 3.63) is 11.6 Å². The van der Waals surface area contributed by atoms with Gasteiger partial charge >= 0.3 is 43.6 Å². The summed E-state index contributed by atoms with van der Waals surface area (Å²) in [6.07, 6.45) is -8.88. The molecule has 0 aliphatic heterocycles. The number of rotatable bonds is 13. The molecule has 0 amide bonds. The Morgan fingerprint density at radius 1 is 0.714 bits per heavy atom. The largest absolute Gasteiger partial charge is 0.529 e. The van der Waals surface area contributed by atoms with Crippen LogP contribution in [0.4, 0.5) is 61.5 Å². The Kier molecular flexibility index (Phi) is 10.2. The fourth-order valence-corrected chi connectivity index (χ4v) is 3.40. The van der Waals surface area contributed by atoms with Crippen LogP contribution < -0.4 is 0 Å². The Hall–Kier alpha value is -1.29. The number of alkyl halides is 13. The van der Waals surface area contributed by atoms with Crippen molar-refractivity contribution in [2.75, 3.05) is 13.2 Å². The zero-order valence-corrected chi connectivity index (χ0v) is 19.0. The summed E-state index contributed by atoms with van der Waals surface area (Å²) in [6.45, 7) is 3.12. The maximum Gasteiger partial charge on any atom is 0.529 e. The molecule has 0 atom stereocenters. The first-order valence-corrected chi connectivity index (χ1v) is 10.7. The minimum absolute atomic E-state index is 0.600. The van der Waals surface area contributed by atoms with E-state index in [0.29, 0.717) is 0 Å². The average Bonchev–Trinajstić information content (AvgIpc) is 2.65. The van der Waals surface area contributed by atoms with Gasteiger partial charge in [0.05, 0.1) is 13.2 Å². The van der Waals surface area contributed by atoms with Crippen LogP contribution in [0.5, 0.6) is 0 Å². The Morgan fingerprint density at radius 2 is 1.09 bits per heavy atom. The van der Waals surface area contributed by atoms with Gasteiger partial charge in [-0.1, -0.05) is 13.8 Å². The van der Waals surface area contributed by atoms with Crippen LogP contribution >= 0.6 is 7.82 Å². The maximum absolute atomic E-state index is 14.5. The standard InChI is InChI=1S/C16H19F14O4P/c1-5-32-35(31,33-6-2)34-9(7-8(3)4)10(17)11(18,19)12(20,21)13(22,23)14(24,25)15(26,27)16(28,29)30/h8H,5-7H2,1-4H3/b10-9+. The van der Waals surface area contributed by atoms with Gasteiger partial charge in [0.15, 0.2) is 0 Å². The van der Waals surface area contributed by atoms with Crippen molar-refractivity contribution in [1.29, 1.82) is 0 Å². The lowest BCUT2D eigenvalue weighted by Gasteiger charge is -2.39. The summed E-state index contributed by atoms with van der Waals surface area (Å²) in [5, 5.41) is 0. The van der Waals surface area contributed by atoms with Crippen molar-refractivity contribution in [3.63, 3.8) is 0 Å². The number of phosphoric acid groups is 1. The van der Waals surface area contributed by atoms with Crippen LogP contribution in [-0.2, 0) is 18.1 Å². The topological polar surface area (TPSA) is 44.8 Å². The van der Waals surface area contributed by atoms with Crippen LogP contribution in [0.1, 0.15) is 34.1 Å². The molecule has 35 heavy (non-hydrogen) atoms. The highest BCUT2D eigenvalue weighted by Crippen LogP contribution is 2.62. The van der Waals surface area contributed by atoms with Crippen LogP contribution in [0, 0.1) is 5.92 Å². The lowest BCUT2D eigenvalue weighted by Crippen LogP contribution is -2.70. The van der Waals surface area contributed by atoms with Crippen molar-refractivity contribution < 1.29 is 79.6 Å². The van der Waals surface area contributed by atoms with Gasteiger partial charge in [-0.25, -0.2) is 8.96 Å². The highest BCUT2D eigenvalue weighted by atomic mass is 31.2. The molecule has 0 heterocycles. The van der Waals surface area contributed by atoms with E-state index in [1.165, 1.54) is 0 Å². The Morgan fingerprint density at radius 3 is 1.40 bits per heavy atom. The molecule has 19 heteroatoms. The summed E-state index contributed by atoms with van der Waals surface area (Å²) in [7, 11) is -5.11.